The first-order valence-corrected chi connectivity index (χ1v) is 5.96. The van der Waals surface area contributed by atoms with Gasteiger partial charge in [-0.2, -0.15) is 0 Å². The molecule has 0 bridgehead atoms. The summed E-state index contributed by atoms with van der Waals surface area (Å²) in [6.45, 7) is 0.522. The van der Waals surface area contributed by atoms with Crippen LogP contribution in [0, 0.1) is 0 Å². The Morgan fingerprint density at radius 3 is 3.11 bits per heavy atom. The first-order chi connectivity index (χ1) is 8.70. The van der Waals surface area contributed by atoms with E-state index in [2.05, 4.69) is 36.2 Å². The zero-order valence-electron chi connectivity index (χ0n) is 9.61. The van der Waals surface area contributed by atoms with Crippen LogP contribution in [-0.2, 0) is 6.54 Å². The molecule has 2 rings (SSSR count). The third kappa shape index (κ3) is 2.86. The van der Waals surface area contributed by atoms with Gasteiger partial charge in [-0.05, 0) is 27.6 Å². The number of ether oxygens (including phenoxy) is 1. The molecule has 0 aromatic carbocycles. The van der Waals surface area contributed by atoms with Crippen LogP contribution in [0.3, 0.4) is 0 Å². The van der Waals surface area contributed by atoms with Gasteiger partial charge in [0.2, 0.25) is 5.88 Å². The molecule has 0 radical (unpaired) electrons. The van der Waals surface area contributed by atoms with Crippen LogP contribution in [0.15, 0.2) is 33.9 Å². The standard InChI is InChI=1S/C11H11BrN4O2/c1-18-8-4-7(2-3-13-8)5-14-10-9(12)11(17)16-6-15-10/h2-4,6H,5H2,1H3,(H2,14,15,16,17). The number of rotatable bonds is 4. The zero-order chi connectivity index (χ0) is 13.0. The summed E-state index contributed by atoms with van der Waals surface area (Å²) >= 11 is 3.18. The molecule has 0 fully saturated rings. The maximum atomic E-state index is 11.3. The highest BCUT2D eigenvalue weighted by Crippen LogP contribution is 2.15. The van der Waals surface area contributed by atoms with E-state index in [1.54, 1.807) is 13.3 Å². The number of nitrogens with one attached hydrogen (secondary N) is 2. The second kappa shape index (κ2) is 5.63. The number of nitrogens with zero attached hydrogens (tertiary/aromatic N) is 2. The first kappa shape index (κ1) is 12.6. The average Bonchev–Trinajstić information content (AvgIpc) is 2.41. The monoisotopic (exact) mass is 310 g/mol. The zero-order valence-corrected chi connectivity index (χ0v) is 11.2. The summed E-state index contributed by atoms with van der Waals surface area (Å²) in [5.41, 5.74) is 0.760. The summed E-state index contributed by atoms with van der Waals surface area (Å²) in [6, 6.07) is 3.67. The van der Waals surface area contributed by atoms with Gasteiger partial charge in [0.15, 0.2) is 0 Å². The minimum Gasteiger partial charge on any atom is -0.481 e. The number of aromatic amines is 1. The van der Waals surface area contributed by atoms with Crippen molar-refractivity contribution in [3.8, 4) is 5.88 Å². The second-order valence-electron chi connectivity index (χ2n) is 3.45. The Balaban J connectivity index is 2.11. The summed E-state index contributed by atoms with van der Waals surface area (Å²) in [5.74, 6) is 1.04. The minimum absolute atomic E-state index is 0.222. The van der Waals surface area contributed by atoms with Gasteiger partial charge in [0, 0.05) is 18.8 Å². The maximum absolute atomic E-state index is 11.3. The highest BCUT2D eigenvalue weighted by Gasteiger charge is 2.05. The molecule has 2 N–H and O–H groups in total. The molecule has 2 aromatic rings. The van der Waals surface area contributed by atoms with E-state index in [1.807, 2.05) is 12.1 Å². The van der Waals surface area contributed by atoms with Crippen molar-refractivity contribution in [2.75, 3.05) is 12.4 Å². The summed E-state index contributed by atoms with van der Waals surface area (Å²) in [6.07, 6.45) is 3.01. The Labute approximate surface area is 112 Å². The van der Waals surface area contributed by atoms with Gasteiger partial charge in [0.1, 0.15) is 10.3 Å². The summed E-state index contributed by atoms with van der Waals surface area (Å²) in [5, 5.41) is 3.06. The lowest BCUT2D eigenvalue weighted by molar-refractivity contribution is 0.397. The van der Waals surface area contributed by atoms with Crippen LogP contribution < -0.4 is 15.6 Å². The predicted octanol–water partition coefficient (Wildman–Crippen LogP) is 1.55. The molecule has 0 unspecified atom stereocenters. The van der Waals surface area contributed by atoms with E-state index in [0.717, 1.165) is 5.56 Å². The van der Waals surface area contributed by atoms with E-state index >= 15 is 0 Å². The SMILES string of the molecule is COc1cc(CNc2nc[nH]c(=O)c2Br)ccn1. The van der Waals surface area contributed by atoms with Gasteiger partial charge in [-0.15, -0.1) is 0 Å². The quantitative estimate of drug-likeness (QED) is 0.895. The van der Waals surface area contributed by atoms with E-state index in [0.29, 0.717) is 22.7 Å². The van der Waals surface area contributed by atoms with Crippen LogP contribution in [0.5, 0.6) is 5.88 Å². The highest BCUT2D eigenvalue weighted by molar-refractivity contribution is 9.10. The first-order valence-electron chi connectivity index (χ1n) is 5.16. The predicted molar refractivity (Wildman–Crippen MR) is 70.7 cm³/mol. The molecule has 0 atom stereocenters. The topological polar surface area (TPSA) is 79.9 Å². The van der Waals surface area contributed by atoms with Crippen LogP contribution in [0.1, 0.15) is 5.56 Å². The number of anilines is 1. The number of pyridine rings is 1. The molecule has 0 aliphatic heterocycles. The van der Waals surface area contributed by atoms with Gasteiger partial charge in [0.05, 0.1) is 13.4 Å². The summed E-state index contributed by atoms with van der Waals surface area (Å²) < 4.78 is 5.41. The summed E-state index contributed by atoms with van der Waals surface area (Å²) in [4.78, 5) is 21.9. The Morgan fingerprint density at radius 2 is 2.33 bits per heavy atom. The molecule has 0 aliphatic rings. The van der Waals surface area contributed by atoms with Gasteiger partial charge in [-0.25, -0.2) is 9.97 Å². The van der Waals surface area contributed by atoms with E-state index in [1.165, 1.54) is 6.33 Å². The number of hydrogen-bond donors (Lipinski definition) is 2. The van der Waals surface area contributed by atoms with Crippen LogP contribution >= 0.6 is 15.9 Å². The molecule has 7 heteroatoms. The molecule has 0 saturated heterocycles. The van der Waals surface area contributed by atoms with Crippen molar-refractivity contribution >= 4 is 21.7 Å². The molecule has 2 heterocycles. The minimum atomic E-state index is -0.222. The lowest BCUT2D eigenvalue weighted by Crippen LogP contribution is -2.12. The molecular weight excluding hydrogens is 300 g/mol. The van der Waals surface area contributed by atoms with E-state index in [9.17, 15) is 4.79 Å². The van der Waals surface area contributed by atoms with Gasteiger partial charge in [0.25, 0.3) is 5.56 Å². The lowest BCUT2D eigenvalue weighted by atomic mass is 10.2. The van der Waals surface area contributed by atoms with Crippen molar-refractivity contribution in [1.82, 2.24) is 15.0 Å². The van der Waals surface area contributed by atoms with Crippen LogP contribution in [-0.4, -0.2) is 22.1 Å². The molecule has 18 heavy (non-hydrogen) atoms. The second-order valence-corrected chi connectivity index (χ2v) is 4.25. The molecule has 94 valence electrons. The van der Waals surface area contributed by atoms with Crippen LogP contribution in [0.4, 0.5) is 5.82 Å². The maximum Gasteiger partial charge on any atom is 0.267 e. The molecule has 2 aromatic heterocycles. The molecule has 0 spiro atoms. The fraction of sp³-hybridized carbons (Fsp3) is 0.182. The van der Waals surface area contributed by atoms with Gasteiger partial charge >= 0.3 is 0 Å². The number of H-pyrrole nitrogens is 1. The van der Waals surface area contributed by atoms with Crippen molar-refractivity contribution in [3.63, 3.8) is 0 Å². The van der Waals surface area contributed by atoms with Gasteiger partial charge < -0.3 is 15.0 Å². The smallest absolute Gasteiger partial charge is 0.267 e. The molecule has 0 amide bonds. The van der Waals surface area contributed by atoms with Crippen molar-refractivity contribution in [1.29, 1.82) is 0 Å². The largest absolute Gasteiger partial charge is 0.481 e. The fourth-order valence-electron chi connectivity index (χ4n) is 1.36. The van der Waals surface area contributed by atoms with Gasteiger partial charge in [-0.1, -0.05) is 0 Å². The van der Waals surface area contributed by atoms with Crippen molar-refractivity contribution < 1.29 is 4.74 Å². The Kier molecular flexibility index (Phi) is 3.93. The molecule has 6 nitrogen and oxygen atoms in total. The number of halogens is 1. The number of aromatic nitrogens is 3. The van der Waals surface area contributed by atoms with Crippen LogP contribution in [0.2, 0.25) is 0 Å². The Hall–Kier alpha value is -1.89. The average molecular weight is 311 g/mol. The normalized spacial score (nSPS) is 10.1. The Bertz CT molecular complexity index is 600. The van der Waals surface area contributed by atoms with E-state index in [-0.39, 0.29) is 5.56 Å². The number of hydrogen-bond acceptors (Lipinski definition) is 5. The molecular formula is C11H11BrN4O2. The third-order valence-electron chi connectivity index (χ3n) is 2.26. The summed E-state index contributed by atoms with van der Waals surface area (Å²) in [7, 11) is 1.56. The van der Waals surface area contributed by atoms with Crippen molar-refractivity contribution in [2.24, 2.45) is 0 Å². The Morgan fingerprint density at radius 1 is 1.50 bits per heavy atom. The fourth-order valence-corrected chi connectivity index (χ4v) is 1.72. The van der Waals surface area contributed by atoms with Gasteiger partial charge in [-0.3, -0.25) is 4.79 Å². The number of methoxy groups -OCH3 is 1. The molecule has 0 aliphatic carbocycles. The van der Waals surface area contributed by atoms with Crippen molar-refractivity contribution in [2.45, 2.75) is 6.54 Å². The van der Waals surface area contributed by atoms with E-state index < -0.39 is 0 Å². The highest BCUT2D eigenvalue weighted by atomic mass is 79.9. The van der Waals surface area contributed by atoms with E-state index in [4.69, 9.17) is 4.74 Å². The third-order valence-corrected chi connectivity index (χ3v) is 3.00. The molecule has 0 saturated carbocycles. The van der Waals surface area contributed by atoms with Crippen molar-refractivity contribution in [3.05, 3.63) is 45.0 Å². The van der Waals surface area contributed by atoms with Crippen LogP contribution in [0.25, 0.3) is 0 Å². The lowest BCUT2D eigenvalue weighted by Gasteiger charge is -2.07.